The van der Waals surface area contributed by atoms with Gasteiger partial charge in [-0.3, -0.25) is 10.2 Å². The number of morpholine rings is 1. The van der Waals surface area contributed by atoms with Crippen molar-refractivity contribution in [2.45, 2.75) is 12.5 Å². The number of hydrogen-bond acceptors (Lipinski definition) is 5. The number of urea groups is 1. The van der Waals surface area contributed by atoms with Gasteiger partial charge in [-0.05, 0) is 18.6 Å². The van der Waals surface area contributed by atoms with Gasteiger partial charge in [0.1, 0.15) is 5.82 Å². The minimum Gasteiger partial charge on any atom is -0.381 e. The molecule has 2 fully saturated rings. The minimum atomic E-state index is -0.221. The van der Waals surface area contributed by atoms with Crippen molar-refractivity contribution < 1.29 is 14.3 Å². The fourth-order valence-corrected chi connectivity index (χ4v) is 3.15. The van der Waals surface area contributed by atoms with E-state index in [2.05, 4.69) is 20.5 Å². The number of nitrogens with one attached hydrogen (secondary N) is 2. The highest BCUT2D eigenvalue weighted by atomic mass is 16.5. The average molecular weight is 320 g/mol. The highest BCUT2D eigenvalue weighted by Crippen LogP contribution is 2.21. The molecule has 0 spiro atoms. The van der Waals surface area contributed by atoms with E-state index in [1.807, 2.05) is 12.1 Å². The summed E-state index contributed by atoms with van der Waals surface area (Å²) in [5.74, 6) is 1.01. The molecule has 1 aromatic heterocycles. The van der Waals surface area contributed by atoms with E-state index >= 15 is 0 Å². The predicted molar refractivity (Wildman–Crippen MR) is 86.4 cm³/mol. The Labute approximate surface area is 136 Å². The van der Waals surface area contributed by atoms with Gasteiger partial charge in [0.15, 0.2) is 0 Å². The molecule has 0 aliphatic carbocycles. The molecule has 7 heteroatoms. The summed E-state index contributed by atoms with van der Waals surface area (Å²) in [4.78, 5) is 18.6. The van der Waals surface area contributed by atoms with Crippen molar-refractivity contribution in [3.8, 4) is 0 Å². The molecule has 126 valence electrons. The number of ether oxygens (including phenoxy) is 2. The van der Waals surface area contributed by atoms with Crippen LogP contribution in [0.2, 0.25) is 0 Å². The second-order valence-electron chi connectivity index (χ2n) is 5.89. The van der Waals surface area contributed by atoms with Crippen LogP contribution in [0.25, 0.3) is 0 Å². The zero-order valence-corrected chi connectivity index (χ0v) is 13.2. The maximum atomic E-state index is 12.1. The summed E-state index contributed by atoms with van der Waals surface area (Å²) >= 11 is 0. The molecule has 1 aromatic rings. The first-order valence-corrected chi connectivity index (χ1v) is 8.18. The van der Waals surface area contributed by atoms with Gasteiger partial charge in [-0.1, -0.05) is 6.07 Å². The van der Waals surface area contributed by atoms with Gasteiger partial charge in [0.25, 0.3) is 0 Å². The van der Waals surface area contributed by atoms with E-state index in [1.165, 1.54) is 0 Å². The molecule has 2 saturated heterocycles. The first-order valence-electron chi connectivity index (χ1n) is 8.18. The molecule has 23 heavy (non-hydrogen) atoms. The Morgan fingerprint density at radius 3 is 2.87 bits per heavy atom. The fraction of sp³-hybridized carbons (Fsp3) is 0.625. The van der Waals surface area contributed by atoms with E-state index in [4.69, 9.17) is 9.47 Å². The molecule has 3 heterocycles. The molecule has 0 aromatic carbocycles. The van der Waals surface area contributed by atoms with Gasteiger partial charge in [-0.25, -0.2) is 9.78 Å². The molecular weight excluding hydrogens is 296 g/mol. The number of nitrogens with zero attached hydrogens (tertiary/aromatic N) is 2. The van der Waals surface area contributed by atoms with Gasteiger partial charge in [0.05, 0.1) is 19.8 Å². The maximum absolute atomic E-state index is 12.1. The van der Waals surface area contributed by atoms with E-state index in [-0.39, 0.29) is 12.1 Å². The van der Waals surface area contributed by atoms with Crippen molar-refractivity contribution in [1.29, 1.82) is 0 Å². The lowest BCUT2D eigenvalue weighted by atomic mass is 9.97. The zero-order chi connectivity index (χ0) is 15.9. The normalized spacial score (nSPS) is 23.4. The number of hydrogen-bond donors (Lipinski definition) is 2. The van der Waals surface area contributed by atoms with Crippen LogP contribution in [-0.4, -0.2) is 68.0 Å². The van der Waals surface area contributed by atoms with Crippen molar-refractivity contribution >= 4 is 11.8 Å². The Balaban J connectivity index is 1.54. The Bertz CT molecular complexity index is 487. The monoisotopic (exact) mass is 320 g/mol. The second kappa shape index (κ2) is 8.24. The number of amides is 2. The summed E-state index contributed by atoms with van der Waals surface area (Å²) < 4.78 is 11.0. The number of carbonyl (C=O) groups excluding carboxylic acids is 1. The van der Waals surface area contributed by atoms with E-state index in [0.29, 0.717) is 18.3 Å². The fourth-order valence-electron chi connectivity index (χ4n) is 3.15. The van der Waals surface area contributed by atoms with Crippen LogP contribution in [0.1, 0.15) is 6.42 Å². The number of aromatic nitrogens is 1. The summed E-state index contributed by atoms with van der Waals surface area (Å²) in [5, 5.41) is 5.73. The lowest BCUT2D eigenvalue weighted by Gasteiger charge is -2.37. The van der Waals surface area contributed by atoms with Crippen molar-refractivity contribution in [2.75, 3.05) is 51.4 Å². The third kappa shape index (κ3) is 4.63. The third-order valence-corrected chi connectivity index (χ3v) is 4.40. The summed E-state index contributed by atoms with van der Waals surface area (Å²) in [7, 11) is 0. The standard InChI is InChI=1S/C16H24N4O3/c21-16(19-15-3-1-2-5-17-15)18-11-14(13-4-8-23-12-13)20-6-9-22-10-7-20/h1-3,5,13-14H,4,6-12H2,(H2,17,18,19,21)/t13-,14-/m1/s1. The Morgan fingerprint density at radius 2 is 2.17 bits per heavy atom. The van der Waals surface area contributed by atoms with Crippen LogP contribution in [0.3, 0.4) is 0 Å². The van der Waals surface area contributed by atoms with Crippen LogP contribution in [0, 0.1) is 5.92 Å². The van der Waals surface area contributed by atoms with Crippen LogP contribution in [0.5, 0.6) is 0 Å². The van der Waals surface area contributed by atoms with Crippen LogP contribution in [0.15, 0.2) is 24.4 Å². The van der Waals surface area contributed by atoms with Gasteiger partial charge in [-0.2, -0.15) is 0 Å². The molecule has 2 aliphatic heterocycles. The number of pyridine rings is 1. The Kier molecular flexibility index (Phi) is 5.79. The van der Waals surface area contributed by atoms with Gasteiger partial charge in [-0.15, -0.1) is 0 Å². The SMILES string of the molecule is O=C(NC[C@H]([C@@H]1CCOC1)N1CCOCC1)Nc1ccccn1. The maximum Gasteiger partial charge on any atom is 0.320 e. The van der Waals surface area contributed by atoms with Crippen LogP contribution >= 0.6 is 0 Å². The lowest BCUT2D eigenvalue weighted by molar-refractivity contribution is 0.00222. The predicted octanol–water partition coefficient (Wildman–Crippen LogP) is 0.940. The van der Waals surface area contributed by atoms with E-state index in [1.54, 1.807) is 12.3 Å². The molecule has 2 atom stereocenters. The number of carbonyl (C=O) groups is 1. The minimum absolute atomic E-state index is 0.221. The smallest absolute Gasteiger partial charge is 0.320 e. The largest absolute Gasteiger partial charge is 0.381 e. The molecular formula is C16H24N4O3. The second-order valence-corrected chi connectivity index (χ2v) is 5.89. The Morgan fingerprint density at radius 1 is 1.30 bits per heavy atom. The van der Waals surface area contributed by atoms with E-state index in [0.717, 1.165) is 45.9 Å². The molecule has 2 aliphatic rings. The summed E-state index contributed by atoms with van der Waals surface area (Å²) in [6.45, 7) is 5.51. The van der Waals surface area contributed by atoms with Crippen molar-refractivity contribution in [1.82, 2.24) is 15.2 Å². The van der Waals surface area contributed by atoms with E-state index < -0.39 is 0 Å². The first kappa shape index (κ1) is 16.2. The molecule has 2 amide bonds. The zero-order valence-electron chi connectivity index (χ0n) is 13.2. The van der Waals surface area contributed by atoms with Crippen molar-refractivity contribution in [3.05, 3.63) is 24.4 Å². The number of rotatable bonds is 5. The highest BCUT2D eigenvalue weighted by molar-refractivity contribution is 5.88. The van der Waals surface area contributed by atoms with Gasteiger partial charge in [0.2, 0.25) is 0 Å². The summed E-state index contributed by atoms with van der Waals surface area (Å²) in [6.07, 6.45) is 2.70. The highest BCUT2D eigenvalue weighted by Gasteiger charge is 2.31. The summed E-state index contributed by atoms with van der Waals surface area (Å²) in [5.41, 5.74) is 0. The van der Waals surface area contributed by atoms with Crippen molar-refractivity contribution in [2.24, 2.45) is 5.92 Å². The third-order valence-electron chi connectivity index (χ3n) is 4.40. The summed E-state index contributed by atoms with van der Waals surface area (Å²) in [6, 6.07) is 5.49. The molecule has 0 saturated carbocycles. The van der Waals surface area contributed by atoms with Crippen LogP contribution in [0.4, 0.5) is 10.6 Å². The van der Waals surface area contributed by atoms with Gasteiger partial charge < -0.3 is 14.8 Å². The number of anilines is 1. The quantitative estimate of drug-likeness (QED) is 0.844. The topological polar surface area (TPSA) is 75.7 Å². The van der Waals surface area contributed by atoms with Gasteiger partial charge >= 0.3 is 6.03 Å². The average Bonchev–Trinajstić information content (AvgIpc) is 3.11. The Hall–Kier alpha value is -1.70. The molecule has 0 unspecified atom stereocenters. The molecule has 7 nitrogen and oxygen atoms in total. The molecule has 3 rings (SSSR count). The van der Waals surface area contributed by atoms with Crippen LogP contribution < -0.4 is 10.6 Å². The first-order chi connectivity index (χ1) is 11.3. The van der Waals surface area contributed by atoms with Gasteiger partial charge in [0, 0.05) is 44.4 Å². The lowest BCUT2D eigenvalue weighted by Crippen LogP contribution is -2.52. The van der Waals surface area contributed by atoms with Crippen molar-refractivity contribution in [3.63, 3.8) is 0 Å². The molecule has 2 N–H and O–H groups in total. The van der Waals surface area contributed by atoms with E-state index in [9.17, 15) is 4.79 Å². The van der Waals surface area contributed by atoms with Crippen LogP contribution in [-0.2, 0) is 9.47 Å². The molecule has 0 bridgehead atoms. The molecule has 0 radical (unpaired) electrons.